The number of carbonyl (C=O) groups excluding carboxylic acids is 3. The van der Waals surface area contributed by atoms with Gasteiger partial charge < -0.3 is 42.9 Å². The summed E-state index contributed by atoms with van der Waals surface area (Å²) in [6.45, 7) is 2.81. The van der Waals surface area contributed by atoms with Gasteiger partial charge in [-0.15, -0.1) is 11.8 Å². The first kappa shape index (κ1) is 33.7. The van der Waals surface area contributed by atoms with Gasteiger partial charge in [-0.3, -0.25) is 19.3 Å². The first-order valence-electron chi connectivity index (χ1n) is 13.4. The van der Waals surface area contributed by atoms with Crippen LogP contribution in [0.4, 0.5) is 16.6 Å². The average molecular weight is 677 g/mol. The Balaban J connectivity index is 1.49. The SMILES string of the molecule is CC(C)(O/N=C(\C(=O)N[C@@H]1C(=O)N2C(C(=O)O)=C(/C=C/C[n+]3cnc(N)c(NC(=O)CCN)c3)CS[C@H]12)c1nsc(N)n1)C(=O)O. The molecule has 2 aromatic rings. The number of nitrogens with zero attached hydrogens (tertiary/aromatic N) is 6. The van der Waals surface area contributed by atoms with Gasteiger partial charge in [-0.2, -0.15) is 9.36 Å². The Morgan fingerprint density at radius 1 is 1.28 bits per heavy atom. The standard InChI is InChI=1S/C25H29N11O8S2/c1-25(2,23(42)43)44-33-14(18-32-24(28)46-34-18)19(38)31-15-20(39)36-16(22(40)41)11(9-45-21(15)36)4-3-7-35-8-12(17(27)29-10-35)30-13(37)5-6-26/h3-4,8,10,15,21,27H,5-7,9,26H2,1-2H3,(H6,28,30,31,32,34,37,38,40,41,42,43)/p+1/b4-3+,33-14-/t15-,21-/m1/s1. The number of β-lactam (4-membered cyclic amide) rings is 1. The number of nitrogens with one attached hydrogen (secondary N) is 2. The molecule has 0 bridgehead atoms. The van der Waals surface area contributed by atoms with Crippen molar-refractivity contribution in [1.82, 2.24) is 24.6 Å². The second-order valence-corrected chi connectivity index (χ2v) is 12.1. The Morgan fingerprint density at radius 3 is 2.65 bits per heavy atom. The van der Waals surface area contributed by atoms with Crippen molar-refractivity contribution in [3.63, 3.8) is 0 Å². The molecule has 1 saturated heterocycles. The number of rotatable bonds is 13. The van der Waals surface area contributed by atoms with Crippen LogP contribution >= 0.6 is 23.3 Å². The van der Waals surface area contributed by atoms with Crippen molar-refractivity contribution in [2.75, 3.05) is 29.1 Å². The highest BCUT2D eigenvalue weighted by Gasteiger charge is 2.54. The zero-order chi connectivity index (χ0) is 33.8. The number of thioether (sulfide) groups is 1. The molecular weight excluding hydrogens is 646 g/mol. The minimum absolute atomic E-state index is 0.000625. The van der Waals surface area contributed by atoms with Gasteiger partial charge in [0.25, 0.3) is 24.0 Å². The van der Waals surface area contributed by atoms with Gasteiger partial charge in [-0.05, 0) is 30.5 Å². The molecule has 0 saturated carbocycles. The maximum atomic E-state index is 13.2. The van der Waals surface area contributed by atoms with E-state index >= 15 is 0 Å². The van der Waals surface area contributed by atoms with Gasteiger partial charge >= 0.3 is 11.9 Å². The van der Waals surface area contributed by atoms with Crippen molar-refractivity contribution in [3.8, 4) is 0 Å². The van der Waals surface area contributed by atoms with E-state index in [0.29, 0.717) is 5.57 Å². The highest BCUT2D eigenvalue weighted by Crippen LogP contribution is 2.40. The molecule has 2 atom stereocenters. The number of oxime groups is 1. The fourth-order valence-corrected chi connectivity index (χ4v) is 5.78. The Labute approximate surface area is 268 Å². The third kappa shape index (κ3) is 7.38. The summed E-state index contributed by atoms with van der Waals surface area (Å²) in [5, 5.41) is 27.3. The Morgan fingerprint density at radius 2 is 2.02 bits per heavy atom. The molecule has 2 aromatic heterocycles. The van der Waals surface area contributed by atoms with Gasteiger partial charge in [0.05, 0.1) is 0 Å². The molecule has 3 amide bonds. The maximum absolute atomic E-state index is 13.2. The molecule has 2 aliphatic heterocycles. The highest BCUT2D eigenvalue weighted by atomic mass is 32.2. The van der Waals surface area contributed by atoms with E-state index in [1.165, 1.54) is 31.9 Å². The summed E-state index contributed by atoms with van der Waals surface area (Å²) in [6.07, 6.45) is 6.31. The minimum Gasteiger partial charge on any atom is -0.478 e. The van der Waals surface area contributed by atoms with Crippen molar-refractivity contribution in [2.45, 2.75) is 43.8 Å². The molecule has 46 heavy (non-hydrogen) atoms. The van der Waals surface area contributed by atoms with E-state index < -0.39 is 46.5 Å². The summed E-state index contributed by atoms with van der Waals surface area (Å²) >= 11 is 1.97. The van der Waals surface area contributed by atoms with E-state index in [1.807, 2.05) is 0 Å². The molecule has 0 aliphatic carbocycles. The van der Waals surface area contributed by atoms with E-state index in [4.69, 9.17) is 22.0 Å². The van der Waals surface area contributed by atoms with Gasteiger partial charge in [-0.25, -0.2) is 14.2 Å². The van der Waals surface area contributed by atoms with Crippen molar-refractivity contribution in [2.24, 2.45) is 10.9 Å². The topological polar surface area (TPSA) is 295 Å². The number of anilines is 3. The normalized spacial score (nSPS) is 18.2. The van der Waals surface area contributed by atoms with Gasteiger partial charge in [0.2, 0.25) is 23.0 Å². The zero-order valence-corrected chi connectivity index (χ0v) is 26.0. The van der Waals surface area contributed by atoms with E-state index in [-0.39, 0.29) is 59.3 Å². The fraction of sp³-hybridized carbons (Fsp3) is 0.360. The molecule has 0 radical (unpaired) electrons. The van der Waals surface area contributed by atoms with E-state index in [9.17, 15) is 34.2 Å². The van der Waals surface area contributed by atoms with Crippen LogP contribution < -0.4 is 32.4 Å². The summed E-state index contributed by atoms with van der Waals surface area (Å²) in [5.41, 5.74) is 14.9. The van der Waals surface area contributed by atoms with Crippen molar-refractivity contribution in [1.29, 1.82) is 0 Å². The van der Waals surface area contributed by atoms with E-state index in [0.717, 1.165) is 16.4 Å². The average Bonchev–Trinajstić information content (AvgIpc) is 3.42. The molecule has 2 aliphatic rings. The lowest BCUT2D eigenvalue weighted by molar-refractivity contribution is -0.689. The smallest absolute Gasteiger partial charge is 0.352 e. The molecule has 0 unspecified atom stereocenters. The first-order chi connectivity index (χ1) is 21.7. The molecule has 21 heteroatoms. The summed E-state index contributed by atoms with van der Waals surface area (Å²) in [6, 6.07) is -1.14. The lowest BCUT2D eigenvalue weighted by atomic mass is 10.0. The molecule has 0 spiro atoms. The van der Waals surface area contributed by atoms with Gasteiger partial charge in [0, 0.05) is 30.3 Å². The van der Waals surface area contributed by atoms with Crippen LogP contribution in [0, 0.1) is 0 Å². The van der Waals surface area contributed by atoms with Crippen LogP contribution in [0.15, 0.2) is 41.1 Å². The number of hydrogen-bond acceptors (Lipinski definition) is 15. The van der Waals surface area contributed by atoms with Crippen molar-refractivity contribution < 1.29 is 43.6 Å². The van der Waals surface area contributed by atoms with Crippen LogP contribution in [0.1, 0.15) is 26.1 Å². The zero-order valence-electron chi connectivity index (χ0n) is 24.4. The van der Waals surface area contributed by atoms with Crippen LogP contribution in [0.5, 0.6) is 0 Å². The number of fused-ring (bicyclic) bond motifs is 1. The second-order valence-electron chi connectivity index (χ2n) is 10.2. The van der Waals surface area contributed by atoms with Crippen molar-refractivity contribution in [3.05, 3.63) is 41.8 Å². The largest absolute Gasteiger partial charge is 0.478 e. The van der Waals surface area contributed by atoms with Gasteiger partial charge in [-0.1, -0.05) is 11.2 Å². The number of amides is 3. The predicted molar refractivity (Wildman–Crippen MR) is 164 cm³/mol. The predicted octanol–water partition coefficient (Wildman–Crippen LogP) is -1.75. The molecular formula is C25H30N11O8S2+. The second kappa shape index (κ2) is 13.9. The molecule has 0 aromatic carbocycles. The molecule has 10 N–H and O–H groups in total. The monoisotopic (exact) mass is 676 g/mol. The third-order valence-corrected chi connectivity index (χ3v) is 8.28. The Hall–Kier alpha value is -5.15. The Kier molecular flexibility index (Phi) is 10.2. The summed E-state index contributed by atoms with van der Waals surface area (Å²) in [4.78, 5) is 76.0. The van der Waals surface area contributed by atoms with Gasteiger partial charge in [0.15, 0.2) is 10.8 Å². The quantitative estimate of drug-likeness (QED) is 0.0536. The van der Waals surface area contributed by atoms with E-state index in [2.05, 4.69) is 30.1 Å². The van der Waals surface area contributed by atoms with E-state index in [1.54, 1.807) is 22.9 Å². The van der Waals surface area contributed by atoms with Crippen LogP contribution in [0.2, 0.25) is 0 Å². The third-order valence-electron chi connectivity index (χ3n) is 6.43. The number of allylic oxidation sites excluding steroid dienone is 2. The fourth-order valence-electron chi connectivity index (χ4n) is 4.02. The van der Waals surface area contributed by atoms with Crippen LogP contribution in [-0.2, 0) is 35.4 Å². The number of carboxylic acid groups (broad SMARTS) is 2. The lowest BCUT2D eigenvalue weighted by Gasteiger charge is -2.49. The van der Waals surface area contributed by atoms with Crippen molar-refractivity contribution >= 4 is 75.3 Å². The summed E-state index contributed by atoms with van der Waals surface area (Å²) in [5.74, 6) is -4.64. The number of hydrogen-bond donors (Lipinski definition) is 7. The molecule has 4 rings (SSSR count). The minimum atomic E-state index is -1.81. The first-order valence-corrected chi connectivity index (χ1v) is 15.2. The number of carbonyl (C=O) groups is 5. The molecule has 4 heterocycles. The summed E-state index contributed by atoms with van der Waals surface area (Å²) < 4.78 is 5.52. The highest BCUT2D eigenvalue weighted by molar-refractivity contribution is 8.00. The maximum Gasteiger partial charge on any atom is 0.352 e. The number of nitrogens with two attached hydrogens (primary N) is 3. The molecule has 244 valence electrons. The molecule has 1 fully saturated rings. The number of aliphatic carboxylic acids is 2. The van der Waals surface area contributed by atoms with Gasteiger partial charge in [0.1, 0.15) is 29.9 Å². The lowest BCUT2D eigenvalue weighted by Crippen LogP contribution is -2.71. The van der Waals surface area contributed by atoms with Crippen LogP contribution in [0.3, 0.4) is 0 Å². The van der Waals surface area contributed by atoms with Crippen LogP contribution in [-0.4, -0.2) is 94.1 Å². The summed E-state index contributed by atoms with van der Waals surface area (Å²) in [7, 11) is 0. The number of carboxylic acids is 2. The Bertz CT molecular complexity index is 1670. The number of aromatic nitrogens is 4. The molecule has 19 nitrogen and oxygen atoms in total. The number of nitrogen functional groups attached to an aromatic ring is 2. The van der Waals surface area contributed by atoms with Crippen LogP contribution in [0.25, 0.3) is 0 Å².